The highest BCUT2D eigenvalue weighted by molar-refractivity contribution is 6.31. The third-order valence-electron chi connectivity index (χ3n) is 4.10. The second kappa shape index (κ2) is 8.72. The van der Waals surface area contributed by atoms with Gasteiger partial charge >= 0.3 is 0 Å². The van der Waals surface area contributed by atoms with Gasteiger partial charge in [0.05, 0.1) is 12.8 Å². The summed E-state index contributed by atoms with van der Waals surface area (Å²) in [5.74, 6) is 0.259. The van der Waals surface area contributed by atoms with E-state index in [4.69, 9.17) is 16.3 Å². The lowest BCUT2D eigenvalue weighted by Gasteiger charge is -2.23. The maximum Gasteiger partial charge on any atom is 0.226 e. The van der Waals surface area contributed by atoms with E-state index >= 15 is 0 Å². The zero-order valence-corrected chi connectivity index (χ0v) is 16.2. The molecule has 2 amide bonds. The Morgan fingerprint density at radius 1 is 1.19 bits per heavy atom. The van der Waals surface area contributed by atoms with Crippen LogP contribution >= 0.6 is 11.6 Å². The quantitative estimate of drug-likeness (QED) is 0.817. The fourth-order valence-corrected chi connectivity index (χ4v) is 2.85. The standard InChI is InChI=1S/C20H23ClN2O3/c1-13-8-9-19(26-4)17(12-13)22-20(25)10-11-23(15(3)24)18-7-5-6-16(21)14(18)2/h5-9,12H,10-11H2,1-4H3,(H,22,25). The van der Waals surface area contributed by atoms with Gasteiger partial charge in [0.1, 0.15) is 5.75 Å². The number of carbonyl (C=O) groups excluding carboxylic acids is 2. The van der Waals surface area contributed by atoms with Crippen LogP contribution in [-0.4, -0.2) is 25.5 Å². The Balaban J connectivity index is 2.10. The molecule has 138 valence electrons. The molecule has 2 rings (SSSR count). The van der Waals surface area contributed by atoms with Crippen LogP contribution < -0.4 is 15.0 Å². The molecule has 0 heterocycles. The highest BCUT2D eigenvalue weighted by atomic mass is 35.5. The number of ether oxygens (including phenoxy) is 1. The summed E-state index contributed by atoms with van der Waals surface area (Å²) in [6, 6.07) is 11.0. The molecule has 0 unspecified atom stereocenters. The van der Waals surface area contributed by atoms with E-state index in [0.29, 0.717) is 22.1 Å². The van der Waals surface area contributed by atoms with Crippen molar-refractivity contribution in [2.24, 2.45) is 0 Å². The number of carbonyl (C=O) groups is 2. The van der Waals surface area contributed by atoms with Crippen LogP contribution in [0.1, 0.15) is 24.5 Å². The van der Waals surface area contributed by atoms with E-state index in [2.05, 4.69) is 5.32 Å². The van der Waals surface area contributed by atoms with Crippen molar-refractivity contribution in [1.82, 2.24) is 0 Å². The fourth-order valence-electron chi connectivity index (χ4n) is 2.68. The van der Waals surface area contributed by atoms with Crippen molar-refractivity contribution in [2.75, 3.05) is 23.9 Å². The number of aryl methyl sites for hydroxylation is 1. The second-order valence-corrected chi connectivity index (χ2v) is 6.46. The molecule has 0 atom stereocenters. The zero-order valence-electron chi connectivity index (χ0n) is 15.4. The van der Waals surface area contributed by atoms with Crippen LogP contribution in [0, 0.1) is 13.8 Å². The first-order chi connectivity index (χ1) is 12.3. The summed E-state index contributed by atoms with van der Waals surface area (Å²) in [5, 5.41) is 3.43. The Bertz CT molecular complexity index is 821. The minimum absolute atomic E-state index is 0.142. The summed E-state index contributed by atoms with van der Waals surface area (Å²) in [6.07, 6.45) is 0.155. The van der Waals surface area contributed by atoms with E-state index in [1.807, 2.05) is 38.1 Å². The molecule has 0 bridgehead atoms. The third kappa shape index (κ3) is 4.76. The molecular weight excluding hydrogens is 352 g/mol. The number of methoxy groups -OCH3 is 1. The molecule has 0 saturated carbocycles. The largest absolute Gasteiger partial charge is 0.495 e. The molecule has 0 fully saturated rings. The monoisotopic (exact) mass is 374 g/mol. The summed E-state index contributed by atoms with van der Waals surface area (Å²) >= 11 is 6.15. The van der Waals surface area contributed by atoms with Gasteiger partial charge in [0.2, 0.25) is 11.8 Å². The van der Waals surface area contributed by atoms with Crippen LogP contribution in [0.25, 0.3) is 0 Å². The van der Waals surface area contributed by atoms with Crippen molar-refractivity contribution >= 4 is 34.8 Å². The molecule has 0 aliphatic carbocycles. The van der Waals surface area contributed by atoms with Crippen molar-refractivity contribution in [3.8, 4) is 5.75 Å². The van der Waals surface area contributed by atoms with Crippen molar-refractivity contribution < 1.29 is 14.3 Å². The Labute approximate surface area is 158 Å². The summed E-state index contributed by atoms with van der Waals surface area (Å²) in [6.45, 7) is 5.53. The van der Waals surface area contributed by atoms with Crippen LogP contribution in [0.5, 0.6) is 5.75 Å². The number of amides is 2. The SMILES string of the molecule is COc1ccc(C)cc1NC(=O)CCN(C(C)=O)c1cccc(Cl)c1C. The molecule has 2 aromatic rings. The first-order valence-corrected chi connectivity index (χ1v) is 8.69. The van der Waals surface area contributed by atoms with E-state index in [-0.39, 0.29) is 24.8 Å². The summed E-state index contributed by atoms with van der Waals surface area (Å²) in [4.78, 5) is 26.0. The van der Waals surface area contributed by atoms with Gasteiger partial charge in [-0.2, -0.15) is 0 Å². The van der Waals surface area contributed by atoms with Gasteiger partial charge in [-0.15, -0.1) is 0 Å². The lowest BCUT2D eigenvalue weighted by molar-refractivity contribution is -0.117. The molecule has 1 N–H and O–H groups in total. The number of rotatable bonds is 6. The molecule has 26 heavy (non-hydrogen) atoms. The van der Waals surface area contributed by atoms with Crippen LogP contribution in [0.15, 0.2) is 36.4 Å². The van der Waals surface area contributed by atoms with Crippen LogP contribution in [0.4, 0.5) is 11.4 Å². The number of hydrogen-bond acceptors (Lipinski definition) is 3. The van der Waals surface area contributed by atoms with Gasteiger partial charge in [0, 0.05) is 30.6 Å². The Morgan fingerprint density at radius 3 is 2.58 bits per heavy atom. The molecular formula is C20H23ClN2O3. The van der Waals surface area contributed by atoms with Gasteiger partial charge in [-0.3, -0.25) is 9.59 Å². The normalized spacial score (nSPS) is 10.3. The van der Waals surface area contributed by atoms with Crippen LogP contribution in [0.3, 0.4) is 0 Å². The van der Waals surface area contributed by atoms with E-state index < -0.39 is 0 Å². The highest BCUT2D eigenvalue weighted by Crippen LogP contribution is 2.28. The van der Waals surface area contributed by atoms with E-state index in [1.165, 1.54) is 6.92 Å². The molecule has 0 saturated heterocycles. The molecule has 2 aromatic carbocycles. The van der Waals surface area contributed by atoms with Crippen molar-refractivity contribution in [3.05, 3.63) is 52.5 Å². The van der Waals surface area contributed by atoms with Gasteiger partial charge in [0.25, 0.3) is 0 Å². The van der Waals surface area contributed by atoms with Crippen molar-refractivity contribution in [1.29, 1.82) is 0 Å². The minimum atomic E-state index is -0.195. The summed E-state index contributed by atoms with van der Waals surface area (Å²) in [5.41, 5.74) is 3.16. The number of benzene rings is 2. The van der Waals surface area contributed by atoms with E-state index in [1.54, 1.807) is 24.1 Å². The number of hydrogen-bond donors (Lipinski definition) is 1. The van der Waals surface area contributed by atoms with Crippen molar-refractivity contribution in [2.45, 2.75) is 27.2 Å². The number of anilines is 2. The first kappa shape index (κ1) is 19.8. The van der Waals surface area contributed by atoms with Gasteiger partial charge in [0.15, 0.2) is 0 Å². The average molecular weight is 375 g/mol. The maximum absolute atomic E-state index is 12.4. The zero-order chi connectivity index (χ0) is 19.3. The summed E-state index contributed by atoms with van der Waals surface area (Å²) < 4.78 is 5.27. The number of nitrogens with zero attached hydrogens (tertiary/aromatic N) is 1. The Morgan fingerprint density at radius 2 is 1.92 bits per heavy atom. The molecule has 0 spiro atoms. The van der Waals surface area contributed by atoms with E-state index in [9.17, 15) is 9.59 Å². The second-order valence-electron chi connectivity index (χ2n) is 6.06. The maximum atomic E-state index is 12.4. The summed E-state index contributed by atoms with van der Waals surface area (Å²) in [7, 11) is 1.56. The van der Waals surface area contributed by atoms with Crippen molar-refractivity contribution in [3.63, 3.8) is 0 Å². The molecule has 5 nitrogen and oxygen atoms in total. The lowest BCUT2D eigenvalue weighted by Crippen LogP contribution is -2.32. The molecule has 0 aliphatic rings. The molecule has 0 radical (unpaired) electrons. The predicted molar refractivity (Wildman–Crippen MR) is 105 cm³/mol. The lowest BCUT2D eigenvalue weighted by atomic mass is 10.1. The van der Waals surface area contributed by atoms with Crippen LogP contribution in [0.2, 0.25) is 5.02 Å². The topological polar surface area (TPSA) is 58.6 Å². The Hall–Kier alpha value is -2.53. The third-order valence-corrected chi connectivity index (χ3v) is 4.51. The minimum Gasteiger partial charge on any atom is -0.495 e. The molecule has 6 heteroatoms. The smallest absolute Gasteiger partial charge is 0.226 e. The first-order valence-electron chi connectivity index (χ1n) is 8.31. The van der Waals surface area contributed by atoms with E-state index in [0.717, 1.165) is 11.1 Å². The van der Waals surface area contributed by atoms with Gasteiger partial charge in [-0.05, 0) is 49.2 Å². The molecule has 0 aliphatic heterocycles. The van der Waals surface area contributed by atoms with Gasteiger partial charge in [-0.1, -0.05) is 23.7 Å². The predicted octanol–water partition coefficient (Wildman–Crippen LogP) is 4.35. The highest BCUT2D eigenvalue weighted by Gasteiger charge is 2.17. The van der Waals surface area contributed by atoms with Crippen LogP contribution in [-0.2, 0) is 9.59 Å². The molecule has 0 aromatic heterocycles. The number of halogens is 1. The fraction of sp³-hybridized carbons (Fsp3) is 0.300. The van der Waals surface area contributed by atoms with Gasteiger partial charge < -0.3 is 15.0 Å². The van der Waals surface area contributed by atoms with Gasteiger partial charge in [-0.25, -0.2) is 0 Å². The average Bonchev–Trinajstić information content (AvgIpc) is 2.58. The Kier molecular flexibility index (Phi) is 6.64. The number of nitrogens with one attached hydrogen (secondary N) is 1.